The van der Waals surface area contributed by atoms with Crippen LogP contribution in [0.2, 0.25) is 0 Å². The molecule has 3 rings (SSSR count). The van der Waals surface area contributed by atoms with Crippen molar-refractivity contribution in [3.05, 3.63) is 53.6 Å². The van der Waals surface area contributed by atoms with E-state index in [1.165, 1.54) is 0 Å². The van der Waals surface area contributed by atoms with Crippen LogP contribution in [-0.4, -0.2) is 42.0 Å². The van der Waals surface area contributed by atoms with Gasteiger partial charge in [-0.2, -0.15) is 0 Å². The summed E-state index contributed by atoms with van der Waals surface area (Å²) in [7, 11) is 0. The van der Waals surface area contributed by atoms with Crippen LogP contribution in [0.15, 0.2) is 42.5 Å². The second kappa shape index (κ2) is 8.55. The summed E-state index contributed by atoms with van der Waals surface area (Å²) in [5, 5.41) is 2.79. The molecule has 0 bridgehead atoms. The highest BCUT2D eigenvalue weighted by molar-refractivity contribution is 5.97. The lowest BCUT2D eigenvalue weighted by Gasteiger charge is -2.19. The van der Waals surface area contributed by atoms with Gasteiger partial charge in [0.05, 0.1) is 0 Å². The number of rotatable bonds is 7. The zero-order valence-corrected chi connectivity index (χ0v) is 17.5. The zero-order chi connectivity index (χ0) is 21.0. The Bertz CT molecular complexity index is 904. The smallest absolute Gasteiger partial charge is 0.262 e. The summed E-state index contributed by atoms with van der Waals surface area (Å²) in [6.45, 7) is 9.06. The maximum Gasteiger partial charge on any atom is 0.262 e. The molecule has 2 aromatic carbocycles. The van der Waals surface area contributed by atoms with Crippen LogP contribution in [0.1, 0.15) is 43.6 Å². The molecule has 1 aliphatic rings. The number of hydrogen-bond acceptors (Lipinski definition) is 4. The molecule has 1 N–H and O–H groups in total. The molecule has 1 aliphatic heterocycles. The third kappa shape index (κ3) is 4.88. The molecule has 0 saturated heterocycles. The quantitative estimate of drug-likeness (QED) is 0.771. The molecule has 2 amide bonds. The van der Waals surface area contributed by atoms with E-state index in [-0.39, 0.29) is 24.0 Å². The van der Waals surface area contributed by atoms with Gasteiger partial charge in [0, 0.05) is 36.3 Å². The Hall–Kier alpha value is -3.02. The van der Waals surface area contributed by atoms with Gasteiger partial charge in [0.1, 0.15) is 5.60 Å². The van der Waals surface area contributed by atoms with E-state index in [9.17, 15) is 9.59 Å². The van der Waals surface area contributed by atoms with Gasteiger partial charge in [-0.25, -0.2) is 0 Å². The molecule has 6 heteroatoms. The highest BCUT2D eigenvalue weighted by Crippen LogP contribution is 2.41. The van der Waals surface area contributed by atoms with Gasteiger partial charge in [-0.15, -0.1) is 0 Å². The first-order valence-corrected chi connectivity index (χ1v) is 9.96. The summed E-state index contributed by atoms with van der Waals surface area (Å²) in [5.41, 5.74) is 1.91. The van der Waals surface area contributed by atoms with E-state index in [1.807, 2.05) is 39.8 Å². The molecular formula is C23H28N2O4. The topological polar surface area (TPSA) is 67.9 Å². The Morgan fingerprint density at radius 1 is 1.14 bits per heavy atom. The molecule has 0 spiro atoms. The largest absolute Gasteiger partial charge is 0.483 e. The van der Waals surface area contributed by atoms with Crippen LogP contribution in [0.5, 0.6) is 11.5 Å². The monoisotopic (exact) mass is 396 g/mol. The minimum Gasteiger partial charge on any atom is -0.483 e. The number of anilines is 1. The number of hydrogen-bond donors (Lipinski definition) is 1. The van der Waals surface area contributed by atoms with Crippen molar-refractivity contribution in [3.63, 3.8) is 0 Å². The summed E-state index contributed by atoms with van der Waals surface area (Å²) < 4.78 is 11.7. The number of nitrogens with zero attached hydrogens (tertiary/aromatic N) is 1. The highest BCUT2D eigenvalue weighted by atomic mass is 16.5. The van der Waals surface area contributed by atoms with Crippen molar-refractivity contribution in [1.29, 1.82) is 0 Å². The standard InChI is InChI=1S/C23H28N2O4/c1-5-25(6-2)22(27)16-9-7-11-18(13-16)24-20(26)15-28-19-12-8-10-17-14-23(3,4)29-21(17)19/h7-13H,5-6,14-15H2,1-4H3,(H,24,26). The number of carbonyl (C=O) groups is 2. The molecule has 154 valence electrons. The fraction of sp³-hybridized carbons (Fsp3) is 0.391. The molecule has 0 unspecified atom stereocenters. The van der Waals surface area contributed by atoms with Gasteiger partial charge < -0.3 is 19.7 Å². The molecule has 0 saturated carbocycles. The number of nitrogens with one attached hydrogen (secondary N) is 1. The summed E-state index contributed by atoms with van der Waals surface area (Å²) in [6, 6.07) is 12.7. The first-order valence-electron chi connectivity index (χ1n) is 9.96. The predicted molar refractivity (Wildman–Crippen MR) is 113 cm³/mol. The van der Waals surface area contributed by atoms with Crippen LogP contribution in [0.4, 0.5) is 5.69 Å². The Morgan fingerprint density at radius 2 is 1.86 bits per heavy atom. The third-order valence-electron chi connectivity index (χ3n) is 4.86. The minimum atomic E-state index is -0.299. The predicted octanol–water partition coefficient (Wildman–Crippen LogP) is 3.90. The van der Waals surface area contributed by atoms with E-state index in [2.05, 4.69) is 5.32 Å². The van der Waals surface area contributed by atoms with Crippen LogP contribution >= 0.6 is 0 Å². The van der Waals surface area contributed by atoms with Crippen molar-refractivity contribution in [2.75, 3.05) is 25.0 Å². The number of para-hydroxylation sites is 1. The van der Waals surface area contributed by atoms with Crippen molar-refractivity contribution >= 4 is 17.5 Å². The zero-order valence-electron chi connectivity index (χ0n) is 17.5. The number of fused-ring (bicyclic) bond motifs is 1. The van der Waals surface area contributed by atoms with E-state index in [0.717, 1.165) is 12.0 Å². The van der Waals surface area contributed by atoms with Gasteiger partial charge >= 0.3 is 0 Å². The van der Waals surface area contributed by atoms with Crippen LogP contribution < -0.4 is 14.8 Å². The van der Waals surface area contributed by atoms with Crippen molar-refractivity contribution in [1.82, 2.24) is 4.90 Å². The Kier molecular flexibility index (Phi) is 6.11. The number of carbonyl (C=O) groups excluding carboxylic acids is 2. The van der Waals surface area contributed by atoms with E-state index in [0.29, 0.717) is 35.8 Å². The molecule has 0 atom stereocenters. The molecule has 1 heterocycles. The van der Waals surface area contributed by atoms with E-state index in [1.54, 1.807) is 35.2 Å². The van der Waals surface area contributed by atoms with Gasteiger partial charge in [-0.05, 0) is 52.0 Å². The lowest BCUT2D eigenvalue weighted by Crippen LogP contribution is -2.30. The summed E-state index contributed by atoms with van der Waals surface area (Å²) >= 11 is 0. The molecule has 0 aromatic heterocycles. The Labute approximate surface area is 171 Å². The molecular weight excluding hydrogens is 368 g/mol. The average Bonchev–Trinajstić information content (AvgIpc) is 3.01. The SMILES string of the molecule is CCN(CC)C(=O)c1cccc(NC(=O)COc2cccc3c2OC(C)(C)C3)c1. The Morgan fingerprint density at radius 3 is 2.59 bits per heavy atom. The van der Waals surface area contributed by atoms with Crippen molar-refractivity contribution < 1.29 is 19.1 Å². The molecule has 29 heavy (non-hydrogen) atoms. The van der Waals surface area contributed by atoms with Crippen LogP contribution in [-0.2, 0) is 11.2 Å². The minimum absolute atomic E-state index is 0.0537. The number of benzene rings is 2. The Balaban J connectivity index is 1.62. The van der Waals surface area contributed by atoms with E-state index in [4.69, 9.17) is 9.47 Å². The van der Waals surface area contributed by atoms with Gasteiger partial charge in [0.25, 0.3) is 11.8 Å². The lowest BCUT2D eigenvalue weighted by atomic mass is 10.0. The number of ether oxygens (including phenoxy) is 2. The van der Waals surface area contributed by atoms with Crippen molar-refractivity contribution in [3.8, 4) is 11.5 Å². The first kappa shape index (κ1) is 20.7. The fourth-order valence-corrected chi connectivity index (χ4v) is 3.46. The fourth-order valence-electron chi connectivity index (χ4n) is 3.46. The molecule has 2 aromatic rings. The van der Waals surface area contributed by atoms with Crippen molar-refractivity contribution in [2.24, 2.45) is 0 Å². The third-order valence-corrected chi connectivity index (χ3v) is 4.86. The van der Waals surface area contributed by atoms with Gasteiger partial charge in [0.2, 0.25) is 0 Å². The van der Waals surface area contributed by atoms with E-state index < -0.39 is 0 Å². The maximum atomic E-state index is 12.5. The molecule has 6 nitrogen and oxygen atoms in total. The van der Waals surface area contributed by atoms with Gasteiger partial charge in [0.15, 0.2) is 18.1 Å². The van der Waals surface area contributed by atoms with Gasteiger partial charge in [-0.3, -0.25) is 9.59 Å². The van der Waals surface area contributed by atoms with Crippen molar-refractivity contribution in [2.45, 2.75) is 39.7 Å². The molecule has 0 fully saturated rings. The highest BCUT2D eigenvalue weighted by Gasteiger charge is 2.32. The lowest BCUT2D eigenvalue weighted by molar-refractivity contribution is -0.118. The maximum absolute atomic E-state index is 12.5. The second-order valence-corrected chi connectivity index (χ2v) is 7.68. The second-order valence-electron chi connectivity index (χ2n) is 7.68. The van der Waals surface area contributed by atoms with Crippen LogP contribution in [0.25, 0.3) is 0 Å². The van der Waals surface area contributed by atoms with Crippen LogP contribution in [0.3, 0.4) is 0 Å². The van der Waals surface area contributed by atoms with Crippen LogP contribution in [0, 0.1) is 0 Å². The normalized spacial score (nSPS) is 13.9. The number of amides is 2. The average molecular weight is 396 g/mol. The summed E-state index contributed by atoms with van der Waals surface area (Å²) in [6.07, 6.45) is 0.805. The first-order chi connectivity index (χ1) is 13.8. The summed E-state index contributed by atoms with van der Waals surface area (Å²) in [5.74, 6) is 0.917. The summed E-state index contributed by atoms with van der Waals surface area (Å²) in [4.78, 5) is 26.6. The van der Waals surface area contributed by atoms with E-state index >= 15 is 0 Å². The molecule has 0 radical (unpaired) electrons. The molecule has 0 aliphatic carbocycles. The van der Waals surface area contributed by atoms with Gasteiger partial charge in [-0.1, -0.05) is 18.2 Å².